The van der Waals surface area contributed by atoms with Gasteiger partial charge in [0.2, 0.25) is 11.8 Å². The Balaban J connectivity index is 1.99. The van der Waals surface area contributed by atoms with Crippen molar-refractivity contribution in [2.75, 3.05) is 33.9 Å². The molecule has 0 heterocycles. The molecular weight excluding hydrogens is 643 g/mol. The Labute approximate surface area is 253 Å². The van der Waals surface area contributed by atoms with E-state index in [1.165, 1.54) is 13.2 Å². The van der Waals surface area contributed by atoms with Crippen LogP contribution in [0.4, 0.5) is 0 Å². The van der Waals surface area contributed by atoms with Crippen molar-refractivity contribution in [3.8, 4) is 17.2 Å². The van der Waals surface area contributed by atoms with Crippen LogP contribution in [0.2, 0.25) is 0 Å². The quantitative estimate of drug-likeness (QED) is 0.205. The molecule has 2 aromatic carbocycles. The van der Waals surface area contributed by atoms with Gasteiger partial charge in [0.15, 0.2) is 11.5 Å². The normalized spacial score (nSPS) is 18.2. The highest BCUT2D eigenvalue weighted by molar-refractivity contribution is 14.1. The average Bonchev–Trinajstić information content (AvgIpc) is 2.98. The smallest absolute Gasteiger partial charge is 0.247 e. The number of nitrogens with zero attached hydrogens (tertiary/aromatic N) is 1. The van der Waals surface area contributed by atoms with E-state index in [-0.39, 0.29) is 31.9 Å². The Morgan fingerprint density at radius 1 is 1.20 bits per heavy atom. The SMILES string of the molecule is CCCC(=O)N(CCc1cccc(OC)c1)C1CC(C(=O)NCCO)=CC(Oc2c(I)cc(C=O)cc2OC)C1O. The van der Waals surface area contributed by atoms with Gasteiger partial charge < -0.3 is 34.6 Å². The van der Waals surface area contributed by atoms with E-state index in [1.54, 1.807) is 24.2 Å². The molecule has 0 spiro atoms. The molecule has 0 radical (unpaired) electrons. The van der Waals surface area contributed by atoms with Crippen molar-refractivity contribution in [3.05, 3.63) is 62.7 Å². The molecule has 0 bridgehead atoms. The van der Waals surface area contributed by atoms with Crippen LogP contribution in [0, 0.1) is 3.57 Å². The lowest BCUT2D eigenvalue weighted by atomic mass is 9.87. The first kappa shape index (κ1) is 32.4. The van der Waals surface area contributed by atoms with E-state index in [0.717, 1.165) is 5.56 Å². The number of aldehydes is 1. The molecule has 2 aromatic rings. The number of rotatable bonds is 14. The van der Waals surface area contributed by atoms with Crippen LogP contribution in [-0.4, -0.2) is 85.4 Å². The second-order valence-corrected chi connectivity index (χ2v) is 10.8. The number of aliphatic hydroxyl groups excluding tert-OH is 2. The van der Waals surface area contributed by atoms with Crippen LogP contribution in [0.1, 0.15) is 42.1 Å². The molecule has 10 nitrogen and oxygen atoms in total. The maximum atomic E-state index is 13.4. The third-order valence-electron chi connectivity index (χ3n) is 6.82. The highest BCUT2D eigenvalue weighted by Crippen LogP contribution is 2.37. The number of aliphatic hydroxyl groups is 2. The summed E-state index contributed by atoms with van der Waals surface area (Å²) in [6, 6.07) is 9.96. The molecule has 41 heavy (non-hydrogen) atoms. The fourth-order valence-corrected chi connectivity index (χ4v) is 5.50. The van der Waals surface area contributed by atoms with Crippen LogP contribution in [0.5, 0.6) is 17.2 Å². The standard InChI is InChI=1S/C30H37IN2O8/c1-4-6-27(36)33(11-9-19-7-5-8-22(13-19)39-2)24-16-21(30(38)32-10-12-34)17-25(28(24)37)41-29-23(31)14-20(18-35)15-26(29)40-3/h5,7-8,13-15,17-18,24-25,28,34,37H,4,6,9-12,16H2,1-3H3,(H,32,38). The highest BCUT2D eigenvalue weighted by atomic mass is 127. The number of hydrogen-bond donors (Lipinski definition) is 3. The second-order valence-electron chi connectivity index (χ2n) is 9.61. The van der Waals surface area contributed by atoms with E-state index in [4.69, 9.17) is 14.2 Å². The van der Waals surface area contributed by atoms with Crippen molar-refractivity contribution >= 4 is 40.7 Å². The van der Waals surface area contributed by atoms with E-state index in [2.05, 4.69) is 5.32 Å². The number of halogens is 1. The van der Waals surface area contributed by atoms with Crippen LogP contribution in [0.25, 0.3) is 0 Å². The van der Waals surface area contributed by atoms with Crippen molar-refractivity contribution in [2.45, 2.75) is 50.9 Å². The minimum Gasteiger partial charge on any atom is -0.497 e. The van der Waals surface area contributed by atoms with Gasteiger partial charge in [-0.15, -0.1) is 0 Å². The average molecular weight is 681 g/mol. The van der Waals surface area contributed by atoms with E-state index >= 15 is 0 Å². The first-order valence-corrected chi connectivity index (χ1v) is 14.5. The summed E-state index contributed by atoms with van der Waals surface area (Å²) >= 11 is 2.02. The second kappa shape index (κ2) is 15.7. The summed E-state index contributed by atoms with van der Waals surface area (Å²) in [5.41, 5.74) is 1.69. The summed E-state index contributed by atoms with van der Waals surface area (Å²) in [5, 5.41) is 23.5. The van der Waals surface area contributed by atoms with E-state index in [1.807, 2.05) is 53.8 Å². The van der Waals surface area contributed by atoms with Gasteiger partial charge in [-0.3, -0.25) is 14.4 Å². The lowest BCUT2D eigenvalue weighted by Crippen LogP contribution is -2.55. The predicted octanol–water partition coefficient (Wildman–Crippen LogP) is 2.91. The number of nitrogens with one attached hydrogen (secondary N) is 1. The Morgan fingerprint density at radius 3 is 2.63 bits per heavy atom. The number of methoxy groups -OCH3 is 2. The van der Waals surface area contributed by atoms with Crippen molar-refractivity contribution in [2.24, 2.45) is 0 Å². The lowest BCUT2D eigenvalue weighted by Gasteiger charge is -2.41. The first-order chi connectivity index (χ1) is 19.8. The van der Waals surface area contributed by atoms with E-state index in [9.17, 15) is 24.6 Å². The van der Waals surface area contributed by atoms with Crippen LogP contribution >= 0.6 is 22.6 Å². The molecule has 0 aromatic heterocycles. The number of carbonyl (C=O) groups is 3. The monoisotopic (exact) mass is 680 g/mol. The topological polar surface area (TPSA) is 135 Å². The van der Waals surface area contributed by atoms with Crippen molar-refractivity contribution in [3.63, 3.8) is 0 Å². The van der Waals surface area contributed by atoms with Gasteiger partial charge in [0.1, 0.15) is 24.2 Å². The highest BCUT2D eigenvalue weighted by Gasteiger charge is 2.40. The van der Waals surface area contributed by atoms with Gasteiger partial charge in [0.25, 0.3) is 0 Å². The van der Waals surface area contributed by atoms with Gasteiger partial charge in [-0.1, -0.05) is 19.1 Å². The Hall–Kier alpha value is -3.16. The van der Waals surface area contributed by atoms with Gasteiger partial charge in [0, 0.05) is 37.1 Å². The van der Waals surface area contributed by atoms with Crippen molar-refractivity contribution in [1.82, 2.24) is 10.2 Å². The van der Waals surface area contributed by atoms with Gasteiger partial charge in [-0.05, 0) is 71.3 Å². The molecule has 3 unspecified atom stereocenters. The minimum atomic E-state index is -1.18. The third kappa shape index (κ3) is 8.43. The summed E-state index contributed by atoms with van der Waals surface area (Å²) in [6.07, 6.45) is 1.56. The molecule has 1 aliphatic carbocycles. The molecule has 11 heteroatoms. The summed E-state index contributed by atoms with van der Waals surface area (Å²) in [6.45, 7) is 2.04. The Kier molecular flexibility index (Phi) is 12.4. The van der Waals surface area contributed by atoms with Crippen LogP contribution in [0.3, 0.4) is 0 Å². The summed E-state index contributed by atoms with van der Waals surface area (Å²) < 4.78 is 17.6. The zero-order chi connectivity index (χ0) is 29.9. The lowest BCUT2D eigenvalue weighted by molar-refractivity contribution is -0.138. The molecule has 0 fully saturated rings. The number of carbonyl (C=O) groups excluding carboxylic acids is 3. The zero-order valence-corrected chi connectivity index (χ0v) is 25.6. The number of benzene rings is 2. The number of amides is 2. The van der Waals surface area contributed by atoms with Crippen LogP contribution in [0.15, 0.2) is 48.0 Å². The molecular formula is C30H37IN2O8. The number of ether oxygens (including phenoxy) is 3. The molecule has 2 amide bonds. The maximum absolute atomic E-state index is 13.4. The molecule has 0 saturated carbocycles. The Bertz CT molecular complexity index is 1250. The van der Waals surface area contributed by atoms with E-state index in [0.29, 0.717) is 57.6 Å². The van der Waals surface area contributed by atoms with E-state index < -0.39 is 24.2 Å². The summed E-state index contributed by atoms with van der Waals surface area (Å²) in [7, 11) is 3.04. The Morgan fingerprint density at radius 2 is 1.98 bits per heavy atom. The van der Waals surface area contributed by atoms with Gasteiger partial charge in [-0.25, -0.2) is 0 Å². The van der Waals surface area contributed by atoms with Gasteiger partial charge in [0.05, 0.1) is 30.4 Å². The van der Waals surface area contributed by atoms with Crippen molar-refractivity contribution < 1.29 is 38.8 Å². The molecule has 0 aliphatic heterocycles. The van der Waals surface area contributed by atoms with Crippen molar-refractivity contribution in [1.29, 1.82) is 0 Å². The van der Waals surface area contributed by atoms with Gasteiger partial charge >= 0.3 is 0 Å². The molecule has 222 valence electrons. The summed E-state index contributed by atoms with van der Waals surface area (Å²) in [5.74, 6) is 0.744. The third-order valence-corrected chi connectivity index (χ3v) is 7.62. The predicted molar refractivity (Wildman–Crippen MR) is 161 cm³/mol. The fourth-order valence-electron chi connectivity index (χ4n) is 4.75. The maximum Gasteiger partial charge on any atom is 0.247 e. The molecule has 1 aliphatic rings. The van der Waals surface area contributed by atoms with Crippen LogP contribution < -0.4 is 19.5 Å². The minimum absolute atomic E-state index is 0.0577. The zero-order valence-electron chi connectivity index (χ0n) is 23.5. The fraction of sp³-hybridized carbons (Fsp3) is 0.433. The molecule has 0 saturated heterocycles. The molecule has 3 N–H and O–H groups in total. The molecule has 3 atom stereocenters. The first-order valence-electron chi connectivity index (χ1n) is 13.5. The molecule has 3 rings (SSSR count). The largest absolute Gasteiger partial charge is 0.497 e. The van der Waals surface area contributed by atoms with Crippen LogP contribution in [-0.2, 0) is 16.0 Å². The van der Waals surface area contributed by atoms with Gasteiger partial charge in [-0.2, -0.15) is 0 Å². The summed E-state index contributed by atoms with van der Waals surface area (Å²) in [4.78, 5) is 39.4. The number of hydrogen-bond acceptors (Lipinski definition) is 8.